The van der Waals surface area contributed by atoms with E-state index in [2.05, 4.69) is 5.32 Å². The number of hydrogen-bond acceptors (Lipinski definition) is 3. The van der Waals surface area contributed by atoms with Gasteiger partial charge in [0.15, 0.2) is 0 Å². The van der Waals surface area contributed by atoms with Gasteiger partial charge in [-0.15, -0.1) is 0 Å². The predicted molar refractivity (Wildman–Crippen MR) is 83.3 cm³/mol. The number of hydrogen-bond donors (Lipinski definition) is 1. The van der Waals surface area contributed by atoms with Gasteiger partial charge in [-0.2, -0.15) is 0 Å². The lowest BCUT2D eigenvalue weighted by Gasteiger charge is -2.12. The maximum Gasteiger partial charge on any atom is 0.229 e. The summed E-state index contributed by atoms with van der Waals surface area (Å²) in [5.41, 5.74) is 0.727. The van der Waals surface area contributed by atoms with Gasteiger partial charge < -0.3 is 14.8 Å². The van der Waals surface area contributed by atoms with E-state index < -0.39 is 5.82 Å². The summed E-state index contributed by atoms with van der Waals surface area (Å²) in [4.78, 5) is 12.1. The molecular weight excluding hydrogens is 309 g/mol. The normalized spacial score (nSPS) is 10.2. The zero-order chi connectivity index (χ0) is 16.1. The van der Waals surface area contributed by atoms with Crippen molar-refractivity contribution in [1.82, 2.24) is 0 Å². The van der Waals surface area contributed by atoms with Gasteiger partial charge in [0.1, 0.15) is 17.3 Å². The lowest BCUT2D eigenvalue weighted by molar-refractivity contribution is -0.115. The first-order valence-corrected chi connectivity index (χ1v) is 6.87. The molecule has 0 spiro atoms. The molecule has 116 valence electrons. The largest absolute Gasteiger partial charge is 0.497 e. The SMILES string of the molecule is COc1ccc(OC)c(NC(=O)Cc2ccc(Cl)cc2F)c1. The van der Waals surface area contributed by atoms with Crippen molar-refractivity contribution in [1.29, 1.82) is 0 Å². The van der Waals surface area contributed by atoms with Crippen molar-refractivity contribution in [3.8, 4) is 11.5 Å². The molecule has 0 bridgehead atoms. The summed E-state index contributed by atoms with van der Waals surface area (Å²) in [7, 11) is 3.02. The Bertz CT molecular complexity index is 691. The van der Waals surface area contributed by atoms with Crippen LogP contribution in [0.15, 0.2) is 36.4 Å². The Kier molecular flexibility index (Phi) is 5.22. The van der Waals surface area contributed by atoms with Crippen LogP contribution in [0.5, 0.6) is 11.5 Å². The molecule has 0 saturated carbocycles. The number of anilines is 1. The topological polar surface area (TPSA) is 47.6 Å². The highest BCUT2D eigenvalue weighted by atomic mass is 35.5. The van der Waals surface area contributed by atoms with Gasteiger partial charge in [0.05, 0.1) is 26.3 Å². The fourth-order valence-electron chi connectivity index (χ4n) is 1.94. The van der Waals surface area contributed by atoms with Crippen LogP contribution in [0, 0.1) is 5.82 Å². The minimum Gasteiger partial charge on any atom is -0.497 e. The molecule has 0 aliphatic rings. The van der Waals surface area contributed by atoms with E-state index in [9.17, 15) is 9.18 Å². The molecule has 4 nitrogen and oxygen atoms in total. The van der Waals surface area contributed by atoms with Gasteiger partial charge in [0, 0.05) is 11.1 Å². The van der Waals surface area contributed by atoms with Crippen LogP contribution in [0.4, 0.5) is 10.1 Å². The van der Waals surface area contributed by atoms with Crippen molar-refractivity contribution in [2.75, 3.05) is 19.5 Å². The van der Waals surface area contributed by atoms with Gasteiger partial charge in [0.25, 0.3) is 0 Å². The van der Waals surface area contributed by atoms with E-state index in [1.54, 1.807) is 24.3 Å². The first-order chi connectivity index (χ1) is 10.5. The summed E-state index contributed by atoms with van der Waals surface area (Å²) >= 11 is 5.69. The smallest absolute Gasteiger partial charge is 0.229 e. The Balaban J connectivity index is 2.14. The molecular formula is C16H15ClFNO3. The van der Waals surface area contributed by atoms with Crippen molar-refractivity contribution < 1.29 is 18.7 Å². The Hall–Kier alpha value is -2.27. The van der Waals surface area contributed by atoms with Crippen LogP contribution in [0.3, 0.4) is 0 Å². The molecule has 2 aromatic carbocycles. The number of halogens is 2. The van der Waals surface area contributed by atoms with Crippen molar-refractivity contribution in [3.63, 3.8) is 0 Å². The predicted octanol–water partition coefficient (Wildman–Crippen LogP) is 3.68. The van der Waals surface area contributed by atoms with E-state index in [1.807, 2.05) is 0 Å². The molecule has 22 heavy (non-hydrogen) atoms. The number of nitrogens with one attached hydrogen (secondary N) is 1. The van der Waals surface area contributed by atoms with Gasteiger partial charge >= 0.3 is 0 Å². The van der Waals surface area contributed by atoms with Crippen LogP contribution in [0.2, 0.25) is 5.02 Å². The van der Waals surface area contributed by atoms with Gasteiger partial charge in [-0.1, -0.05) is 17.7 Å². The molecule has 1 amide bonds. The number of methoxy groups -OCH3 is 2. The molecule has 0 fully saturated rings. The van der Waals surface area contributed by atoms with Gasteiger partial charge in [0.2, 0.25) is 5.91 Å². The van der Waals surface area contributed by atoms with Crippen LogP contribution < -0.4 is 14.8 Å². The van der Waals surface area contributed by atoms with Crippen molar-refractivity contribution >= 4 is 23.2 Å². The average molecular weight is 324 g/mol. The van der Waals surface area contributed by atoms with Gasteiger partial charge in [-0.3, -0.25) is 4.79 Å². The number of rotatable bonds is 5. The minimum absolute atomic E-state index is 0.108. The Morgan fingerprint density at radius 2 is 1.95 bits per heavy atom. The highest BCUT2D eigenvalue weighted by molar-refractivity contribution is 6.30. The second-order valence-corrected chi connectivity index (χ2v) is 4.96. The van der Waals surface area contributed by atoms with Crippen molar-refractivity contribution in [3.05, 3.63) is 52.8 Å². The molecule has 1 N–H and O–H groups in total. The summed E-state index contributed by atoms with van der Waals surface area (Å²) in [6.07, 6.45) is -0.108. The Morgan fingerprint density at radius 3 is 2.59 bits per heavy atom. The van der Waals surface area contributed by atoms with Gasteiger partial charge in [-0.25, -0.2) is 4.39 Å². The number of benzene rings is 2. The number of carbonyl (C=O) groups is 1. The summed E-state index contributed by atoms with van der Waals surface area (Å²) in [5.74, 6) is 0.188. The zero-order valence-corrected chi connectivity index (χ0v) is 12.9. The van der Waals surface area contributed by atoms with Crippen LogP contribution >= 0.6 is 11.6 Å². The summed E-state index contributed by atoms with van der Waals surface area (Å²) in [6.45, 7) is 0. The third-order valence-corrected chi connectivity index (χ3v) is 3.28. The molecule has 0 radical (unpaired) electrons. The molecule has 0 unspecified atom stereocenters. The standard InChI is InChI=1S/C16H15ClFNO3/c1-21-12-5-6-15(22-2)14(9-12)19-16(20)7-10-3-4-11(17)8-13(10)18/h3-6,8-9H,7H2,1-2H3,(H,19,20). The quantitative estimate of drug-likeness (QED) is 0.913. The molecule has 0 heterocycles. The maximum absolute atomic E-state index is 13.7. The molecule has 0 saturated heterocycles. The fraction of sp³-hybridized carbons (Fsp3) is 0.188. The van der Waals surface area contributed by atoms with E-state index in [0.29, 0.717) is 17.2 Å². The molecule has 0 aromatic heterocycles. The molecule has 0 atom stereocenters. The first-order valence-electron chi connectivity index (χ1n) is 6.49. The second-order valence-electron chi connectivity index (χ2n) is 4.53. The minimum atomic E-state index is -0.514. The van der Waals surface area contributed by atoms with Crippen LogP contribution in [-0.4, -0.2) is 20.1 Å². The molecule has 0 aliphatic heterocycles. The highest BCUT2D eigenvalue weighted by Crippen LogP contribution is 2.29. The molecule has 6 heteroatoms. The Labute approximate surface area is 132 Å². The van der Waals surface area contributed by atoms with Crippen molar-refractivity contribution in [2.24, 2.45) is 0 Å². The van der Waals surface area contributed by atoms with Crippen LogP contribution in [0.25, 0.3) is 0 Å². The number of ether oxygens (including phenoxy) is 2. The molecule has 2 rings (SSSR count). The maximum atomic E-state index is 13.7. The third-order valence-electron chi connectivity index (χ3n) is 3.05. The summed E-state index contributed by atoms with van der Waals surface area (Å²) in [6, 6.07) is 9.23. The molecule has 0 aliphatic carbocycles. The van der Waals surface area contributed by atoms with E-state index in [-0.39, 0.29) is 22.9 Å². The molecule has 2 aromatic rings. The van der Waals surface area contributed by atoms with E-state index in [1.165, 1.54) is 26.4 Å². The second kappa shape index (κ2) is 7.13. The summed E-state index contributed by atoms with van der Waals surface area (Å²) < 4.78 is 24.0. The summed E-state index contributed by atoms with van der Waals surface area (Å²) in [5, 5.41) is 2.97. The Morgan fingerprint density at radius 1 is 1.18 bits per heavy atom. The zero-order valence-electron chi connectivity index (χ0n) is 12.2. The monoisotopic (exact) mass is 323 g/mol. The lowest BCUT2D eigenvalue weighted by atomic mass is 10.1. The van der Waals surface area contributed by atoms with Crippen LogP contribution in [-0.2, 0) is 11.2 Å². The number of carbonyl (C=O) groups excluding carboxylic acids is 1. The third kappa shape index (κ3) is 3.89. The number of amides is 1. The first kappa shape index (κ1) is 16.1. The van der Waals surface area contributed by atoms with E-state index >= 15 is 0 Å². The highest BCUT2D eigenvalue weighted by Gasteiger charge is 2.12. The van der Waals surface area contributed by atoms with E-state index in [4.69, 9.17) is 21.1 Å². The van der Waals surface area contributed by atoms with Crippen molar-refractivity contribution in [2.45, 2.75) is 6.42 Å². The average Bonchev–Trinajstić information content (AvgIpc) is 2.50. The lowest BCUT2D eigenvalue weighted by Crippen LogP contribution is -2.15. The van der Waals surface area contributed by atoms with Gasteiger partial charge in [-0.05, 0) is 29.8 Å². The fourth-order valence-corrected chi connectivity index (χ4v) is 2.10. The van der Waals surface area contributed by atoms with E-state index in [0.717, 1.165) is 0 Å². The van der Waals surface area contributed by atoms with Crippen LogP contribution in [0.1, 0.15) is 5.56 Å².